The molecule has 70 valence electrons. The minimum absolute atomic E-state index is 0.418. The van der Waals surface area contributed by atoms with Crippen molar-refractivity contribution < 1.29 is 13.2 Å². The van der Waals surface area contributed by atoms with Crippen molar-refractivity contribution in [3.63, 3.8) is 0 Å². The number of rotatable bonds is 1. The summed E-state index contributed by atoms with van der Waals surface area (Å²) in [5, 5.41) is 1.13. The normalized spacial score (nSPS) is 19.3. The summed E-state index contributed by atoms with van der Waals surface area (Å²) in [7, 11) is 1.49. The maximum absolute atomic E-state index is 12.2. The van der Waals surface area contributed by atoms with Crippen LogP contribution >= 0.6 is 0 Å². The van der Waals surface area contributed by atoms with E-state index in [0.29, 0.717) is 13.0 Å². The molecule has 0 unspecified atom stereocenters. The highest BCUT2D eigenvalue weighted by molar-refractivity contribution is 5.09. The molecule has 1 heterocycles. The van der Waals surface area contributed by atoms with Gasteiger partial charge in [0.2, 0.25) is 0 Å². The molecule has 0 atom stereocenters. The number of nitrogens with one attached hydrogen (secondary N) is 1. The first-order chi connectivity index (χ1) is 5.55. The maximum atomic E-state index is 12.2. The molecule has 12 heavy (non-hydrogen) atoms. The minimum Gasteiger partial charge on any atom is -0.305 e. The Labute approximate surface area is 69.0 Å². The molecule has 0 aromatic rings. The van der Waals surface area contributed by atoms with Crippen LogP contribution < -0.4 is 5.43 Å². The Balaban J connectivity index is 2.77. The number of nitrogens with zero attached hydrogens (tertiary/aromatic N) is 1. The maximum Gasteiger partial charge on any atom is 0.432 e. The molecule has 0 saturated carbocycles. The van der Waals surface area contributed by atoms with E-state index in [4.69, 9.17) is 0 Å². The van der Waals surface area contributed by atoms with E-state index < -0.39 is 11.9 Å². The van der Waals surface area contributed by atoms with E-state index in [0.717, 1.165) is 11.4 Å². The van der Waals surface area contributed by atoms with Crippen molar-refractivity contribution in [2.75, 3.05) is 13.6 Å². The summed E-state index contributed by atoms with van der Waals surface area (Å²) in [6, 6.07) is 0. The molecule has 0 saturated heterocycles. The molecule has 1 rings (SSSR count). The topological polar surface area (TPSA) is 15.3 Å². The molecule has 0 aromatic heterocycles. The van der Waals surface area contributed by atoms with Crippen LogP contribution in [0.1, 0.15) is 12.8 Å². The zero-order valence-electron chi connectivity index (χ0n) is 6.78. The van der Waals surface area contributed by atoms with Crippen molar-refractivity contribution >= 4 is 0 Å². The lowest BCUT2D eigenvalue weighted by atomic mass is 10.2. The van der Waals surface area contributed by atoms with Crippen molar-refractivity contribution in [3.05, 3.63) is 11.8 Å². The van der Waals surface area contributed by atoms with Gasteiger partial charge < -0.3 is 5.01 Å². The largest absolute Gasteiger partial charge is 0.432 e. The molecule has 2 nitrogen and oxygen atoms in total. The van der Waals surface area contributed by atoms with Crippen LogP contribution in [0.4, 0.5) is 13.2 Å². The van der Waals surface area contributed by atoms with Gasteiger partial charge in [-0.1, -0.05) is 6.08 Å². The first-order valence-corrected chi connectivity index (χ1v) is 3.78. The molecule has 5 heteroatoms. The summed E-state index contributed by atoms with van der Waals surface area (Å²) in [4.78, 5) is 0. The van der Waals surface area contributed by atoms with Gasteiger partial charge in [0.1, 0.15) is 5.70 Å². The molecule has 0 radical (unpaired) electrons. The van der Waals surface area contributed by atoms with Gasteiger partial charge in [0, 0.05) is 13.6 Å². The first kappa shape index (κ1) is 9.38. The van der Waals surface area contributed by atoms with E-state index >= 15 is 0 Å². The van der Waals surface area contributed by atoms with Crippen molar-refractivity contribution in [2.24, 2.45) is 0 Å². The second-order valence-electron chi connectivity index (χ2n) is 2.60. The van der Waals surface area contributed by atoms with Gasteiger partial charge in [-0.15, -0.1) is 0 Å². The zero-order valence-corrected chi connectivity index (χ0v) is 6.78. The highest BCUT2D eigenvalue weighted by Gasteiger charge is 2.38. The van der Waals surface area contributed by atoms with Gasteiger partial charge in [0.25, 0.3) is 0 Å². The van der Waals surface area contributed by atoms with Gasteiger partial charge in [-0.3, -0.25) is 0 Å². The van der Waals surface area contributed by atoms with Crippen molar-refractivity contribution in [3.8, 4) is 0 Å². The number of allylic oxidation sites excluding steroid dienone is 2. The highest BCUT2D eigenvalue weighted by Crippen LogP contribution is 2.30. The third-order valence-corrected chi connectivity index (χ3v) is 1.77. The molecule has 1 aliphatic heterocycles. The second-order valence-corrected chi connectivity index (χ2v) is 2.60. The molecule has 0 fully saturated rings. The van der Waals surface area contributed by atoms with Crippen LogP contribution in [0.25, 0.3) is 0 Å². The fourth-order valence-corrected chi connectivity index (χ4v) is 1.22. The van der Waals surface area contributed by atoms with Crippen molar-refractivity contribution in [2.45, 2.75) is 19.0 Å². The zero-order chi connectivity index (χ0) is 9.19. The number of hydrazine groups is 1. The summed E-state index contributed by atoms with van der Waals surface area (Å²) >= 11 is 0. The van der Waals surface area contributed by atoms with E-state index in [1.54, 1.807) is 0 Å². The standard InChI is InChI=1S/C7H11F3N2/c1-11-12-5-3-2-4-6(12)7(8,9)10/h4,11H,2-3,5H2,1H3. The third-order valence-electron chi connectivity index (χ3n) is 1.77. The number of hydrogen-bond donors (Lipinski definition) is 1. The SMILES string of the molecule is CNN1CCCC=C1C(F)(F)F. The van der Waals surface area contributed by atoms with Crippen LogP contribution in [-0.2, 0) is 0 Å². The summed E-state index contributed by atoms with van der Waals surface area (Å²) in [6.45, 7) is 0.418. The van der Waals surface area contributed by atoms with E-state index in [9.17, 15) is 13.2 Å². The molecular formula is C7H11F3N2. The van der Waals surface area contributed by atoms with Crippen LogP contribution in [0.2, 0.25) is 0 Å². The van der Waals surface area contributed by atoms with Gasteiger partial charge in [-0.25, -0.2) is 5.43 Å². The Morgan fingerprint density at radius 1 is 1.50 bits per heavy atom. The Kier molecular flexibility index (Phi) is 2.62. The molecular weight excluding hydrogens is 169 g/mol. The molecule has 0 amide bonds. The fraction of sp³-hybridized carbons (Fsp3) is 0.714. The Morgan fingerprint density at radius 3 is 2.58 bits per heavy atom. The predicted octanol–water partition coefficient (Wildman–Crippen LogP) is 1.66. The summed E-state index contributed by atoms with van der Waals surface area (Å²) in [6.07, 6.45) is -1.74. The smallest absolute Gasteiger partial charge is 0.305 e. The lowest BCUT2D eigenvalue weighted by Crippen LogP contribution is -2.42. The number of halogens is 3. The van der Waals surface area contributed by atoms with Gasteiger partial charge in [-0.2, -0.15) is 13.2 Å². The Hall–Kier alpha value is -0.710. The lowest BCUT2D eigenvalue weighted by Gasteiger charge is -2.30. The average molecular weight is 180 g/mol. The van der Waals surface area contributed by atoms with E-state index in [-0.39, 0.29) is 0 Å². The number of hydrogen-bond acceptors (Lipinski definition) is 2. The summed E-state index contributed by atoms with van der Waals surface area (Å²) in [5.74, 6) is 0. The van der Waals surface area contributed by atoms with Crippen LogP contribution in [0, 0.1) is 0 Å². The van der Waals surface area contributed by atoms with Crippen LogP contribution in [0.15, 0.2) is 11.8 Å². The second kappa shape index (κ2) is 3.35. The van der Waals surface area contributed by atoms with Crippen molar-refractivity contribution in [1.82, 2.24) is 10.4 Å². The third kappa shape index (κ3) is 1.91. The van der Waals surface area contributed by atoms with Gasteiger partial charge in [0.15, 0.2) is 0 Å². The molecule has 1 aliphatic rings. The summed E-state index contributed by atoms with van der Waals surface area (Å²) in [5.41, 5.74) is 1.93. The summed E-state index contributed by atoms with van der Waals surface area (Å²) < 4.78 is 36.7. The van der Waals surface area contributed by atoms with Gasteiger partial charge in [-0.05, 0) is 12.8 Å². The van der Waals surface area contributed by atoms with E-state index in [2.05, 4.69) is 5.43 Å². The molecule has 0 bridgehead atoms. The van der Waals surface area contributed by atoms with Gasteiger partial charge >= 0.3 is 6.18 Å². The van der Waals surface area contributed by atoms with E-state index in [1.807, 2.05) is 0 Å². The fourth-order valence-electron chi connectivity index (χ4n) is 1.22. The highest BCUT2D eigenvalue weighted by atomic mass is 19.4. The van der Waals surface area contributed by atoms with E-state index in [1.165, 1.54) is 13.1 Å². The minimum atomic E-state index is -4.23. The molecule has 1 N–H and O–H groups in total. The van der Waals surface area contributed by atoms with Crippen LogP contribution in [-0.4, -0.2) is 24.8 Å². The number of alkyl halides is 3. The molecule has 0 aliphatic carbocycles. The van der Waals surface area contributed by atoms with Crippen LogP contribution in [0.5, 0.6) is 0 Å². The van der Waals surface area contributed by atoms with Gasteiger partial charge in [0.05, 0.1) is 0 Å². The molecule has 0 spiro atoms. The lowest BCUT2D eigenvalue weighted by molar-refractivity contribution is -0.117. The quantitative estimate of drug-likeness (QED) is 0.660. The Morgan fingerprint density at radius 2 is 2.17 bits per heavy atom. The van der Waals surface area contributed by atoms with Crippen molar-refractivity contribution in [1.29, 1.82) is 0 Å². The first-order valence-electron chi connectivity index (χ1n) is 3.78. The monoisotopic (exact) mass is 180 g/mol. The predicted molar refractivity (Wildman–Crippen MR) is 39.1 cm³/mol. The molecule has 0 aromatic carbocycles. The van der Waals surface area contributed by atoms with Crippen LogP contribution in [0.3, 0.4) is 0 Å². The Bertz CT molecular complexity index is 186. The average Bonchev–Trinajstić information content (AvgIpc) is 2.03.